The number of fused-ring (bicyclic) bond motifs is 1. The monoisotopic (exact) mass is 257 g/mol. The molecule has 0 radical (unpaired) electrons. The van der Waals surface area contributed by atoms with E-state index < -0.39 is 11.0 Å². The van der Waals surface area contributed by atoms with Crippen LogP contribution in [0.2, 0.25) is 0 Å². The van der Waals surface area contributed by atoms with Crippen LogP contribution in [0.1, 0.15) is 50.7 Å². The highest BCUT2D eigenvalue weighted by molar-refractivity contribution is 5.39. The first-order valence-electron chi connectivity index (χ1n) is 7.25. The van der Waals surface area contributed by atoms with Crippen LogP contribution in [-0.4, -0.2) is 10.7 Å². The van der Waals surface area contributed by atoms with Crippen molar-refractivity contribution in [1.82, 2.24) is 0 Å². The minimum Gasteiger partial charge on any atom is -0.388 e. The lowest BCUT2D eigenvalue weighted by atomic mass is 9.69. The van der Waals surface area contributed by atoms with Crippen molar-refractivity contribution in [2.75, 3.05) is 0 Å². The average molecular weight is 257 g/mol. The van der Waals surface area contributed by atoms with Gasteiger partial charge in [0.05, 0.1) is 17.1 Å². The zero-order chi connectivity index (χ0) is 13.9. The van der Waals surface area contributed by atoms with Crippen LogP contribution in [-0.2, 0) is 12.8 Å². The Morgan fingerprint density at radius 1 is 1.26 bits per heavy atom. The van der Waals surface area contributed by atoms with Crippen molar-refractivity contribution in [1.29, 1.82) is 5.26 Å². The molecule has 0 aliphatic heterocycles. The van der Waals surface area contributed by atoms with Gasteiger partial charge < -0.3 is 5.11 Å². The Morgan fingerprint density at radius 3 is 2.32 bits per heavy atom. The summed E-state index contributed by atoms with van der Waals surface area (Å²) in [7, 11) is 0. The van der Waals surface area contributed by atoms with E-state index in [2.05, 4.69) is 25.1 Å². The standard InChI is InChI=1S/C17H23NO/c1-3-4-7-10-16(2,19)17(13-18)11-14-8-5-6-9-15(14)12-17/h5-6,8-9,19H,3-4,7,10-12H2,1-2H3. The Bertz CT molecular complexity index is 459. The summed E-state index contributed by atoms with van der Waals surface area (Å²) in [6.07, 6.45) is 5.31. The molecule has 0 bridgehead atoms. The van der Waals surface area contributed by atoms with E-state index >= 15 is 0 Å². The van der Waals surface area contributed by atoms with E-state index in [1.54, 1.807) is 0 Å². The maximum atomic E-state index is 10.8. The third-order valence-electron chi connectivity index (χ3n) is 4.61. The van der Waals surface area contributed by atoms with E-state index in [9.17, 15) is 10.4 Å². The summed E-state index contributed by atoms with van der Waals surface area (Å²) in [4.78, 5) is 0. The molecule has 2 nitrogen and oxygen atoms in total. The molecule has 1 aromatic carbocycles. The number of rotatable bonds is 5. The topological polar surface area (TPSA) is 44.0 Å². The summed E-state index contributed by atoms with van der Waals surface area (Å²) in [6, 6.07) is 10.6. The van der Waals surface area contributed by atoms with E-state index in [-0.39, 0.29) is 0 Å². The van der Waals surface area contributed by atoms with Gasteiger partial charge in [-0.25, -0.2) is 0 Å². The van der Waals surface area contributed by atoms with E-state index in [0.29, 0.717) is 19.3 Å². The van der Waals surface area contributed by atoms with Crippen molar-refractivity contribution in [2.45, 2.75) is 58.0 Å². The Labute approximate surface area is 116 Å². The van der Waals surface area contributed by atoms with Gasteiger partial charge in [0, 0.05) is 0 Å². The number of hydrogen-bond acceptors (Lipinski definition) is 2. The predicted molar refractivity (Wildman–Crippen MR) is 76.7 cm³/mol. The minimum absolute atomic E-state index is 0.648. The van der Waals surface area contributed by atoms with E-state index in [1.807, 2.05) is 19.1 Å². The second-order valence-corrected chi connectivity index (χ2v) is 6.05. The highest BCUT2D eigenvalue weighted by Crippen LogP contribution is 2.46. The Kier molecular flexibility index (Phi) is 3.96. The van der Waals surface area contributed by atoms with Crippen molar-refractivity contribution in [3.05, 3.63) is 35.4 Å². The van der Waals surface area contributed by atoms with Crippen molar-refractivity contribution in [3.63, 3.8) is 0 Å². The highest BCUT2D eigenvalue weighted by atomic mass is 16.3. The number of benzene rings is 1. The minimum atomic E-state index is -0.907. The largest absolute Gasteiger partial charge is 0.388 e. The Balaban J connectivity index is 2.20. The molecule has 0 saturated heterocycles. The molecule has 0 saturated carbocycles. The molecule has 1 unspecified atom stereocenters. The summed E-state index contributed by atoms with van der Waals surface area (Å²) in [6.45, 7) is 4.00. The van der Waals surface area contributed by atoms with Gasteiger partial charge in [0.2, 0.25) is 0 Å². The SMILES string of the molecule is CCCCCC(C)(O)C1(C#N)Cc2ccccc2C1. The van der Waals surface area contributed by atoms with Crippen molar-refractivity contribution >= 4 is 0 Å². The van der Waals surface area contributed by atoms with E-state index in [1.165, 1.54) is 11.1 Å². The fourth-order valence-electron chi connectivity index (χ4n) is 3.15. The maximum Gasteiger partial charge on any atom is 0.0937 e. The van der Waals surface area contributed by atoms with Gasteiger partial charge >= 0.3 is 0 Å². The lowest BCUT2D eigenvalue weighted by Gasteiger charge is -2.37. The molecule has 2 heteroatoms. The molecule has 19 heavy (non-hydrogen) atoms. The normalized spacial score (nSPS) is 19.5. The number of unbranched alkanes of at least 4 members (excludes halogenated alkanes) is 2. The first-order valence-corrected chi connectivity index (χ1v) is 7.25. The van der Waals surface area contributed by atoms with Crippen molar-refractivity contribution < 1.29 is 5.11 Å². The van der Waals surface area contributed by atoms with Gasteiger partial charge in [-0.05, 0) is 37.3 Å². The highest BCUT2D eigenvalue weighted by Gasteiger charge is 2.50. The molecule has 1 aromatic rings. The molecule has 1 aliphatic carbocycles. The van der Waals surface area contributed by atoms with Crippen molar-refractivity contribution in [3.8, 4) is 6.07 Å². The summed E-state index contributed by atoms with van der Waals surface area (Å²) >= 11 is 0. The predicted octanol–water partition coefficient (Wildman–Crippen LogP) is 3.63. The molecule has 2 rings (SSSR count). The van der Waals surface area contributed by atoms with Gasteiger partial charge in [0.15, 0.2) is 0 Å². The molecule has 1 aliphatic rings. The van der Waals surface area contributed by atoms with Crippen LogP contribution in [0.3, 0.4) is 0 Å². The molecular weight excluding hydrogens is 234 g/mol. The van der Waals surface area contributed by atoms with Gasteiger partial charge in [0.1, 0.15) is 0 Å². The summed E-state index contributed by atoms with van der Waals surface area (Å²) in [5.74, 6) is 0. The molecule has 0 spiro atoms. The number of nitriles is 1. The van der Waals surface area contributed by atoms with Gasteiger partial charge in [-0.15, -0.1) is 0 Å². The second kappa shape index (κ2) is 5.35. The quantitative estimate of drug-likeness (QED) is 0.819. The van der Waals surface area contributed by atoms with Crippen LogP contribution in [0.5, 0.6) is 0 Å². The molecule has 0 aromatic heterocycles. The molecule has 0 amide bonds. The first kappa shape index (κ1) is 14.1. The number of aliphatic hydroxyl groups is 1. The van der Waals surface area contributed by atoms with E-state index in [0.717, 1.165) is 19.3 Å². The smallest absolute Gasteiger partial charge is 0.0937 e. The summed E-state index contributed by atoms with van der Waals surface area (Å²) < 4.78 is 0. The van der Waals surface area contributed by atoms with Crippen molar-refractivity contribution in [2.24, 2.45) is 5.41 Å². The molecule has 1 N–H and O–H groups in total. The average Bonchev–Trinajstić information content (AvgIpc) is 2.79. The fraction of sp³-hybridized carbons (Fsp3) is 0.588. The molecule has 0 heterocycles. The molecular formula is C17H23NO. The lowest BCUT2D eigenvalue weighted by molar-refractivity contribution is -0.0434. The molecule has 102 valence electrons. The second-order valence-electron chi connectivity index (χ2n) is 6.05. The molecule has 1 atom stereocenters. The Morgan fingerprint density at radius 2 is 1.84 bits per heavy atom. The van der Waals surface area contributed by atoms with Crippen LogP contribution in [0.25, 0.3) is 0 Å². The fourth-order valence-corrected chi connectivity index (χ4v) is 3.15. The number of hydrogen-bond donors (Lipinski definition) is 1. The van der Waals surface area contributed by atoms with Gasteiger partial charge in [-0.2, -0.15) is 5.26 Å². The molecule has 0 fully saturated rings. The van der Waals surface area contributed by atoms with Crippen LogP contribution in [0.15, 0.2) is 24.3 Å². The van der Waals surface area contributed by atoms with Gasteiger partial charge in [-0.1, -0.05) is 50.5 Å². The lowest BCUT2D eigenvalue weighted by Crippen LogP contribution is -2.46. The maximum absolute atomic E-state index is 10.8. The first-order chi connectivity index (χ1) is 9.04. The van der Waals surface area contributed by atoms with Gasteiger partial charge in [0.25, 0.3) is 0 Å². The van der Waals surface area contributed by atoms with Crippen LogP contribution in [0, 0.1) is 16.7 Å². The number of nitrogens with zero attached hydrogens (tertiary/aromatic N) is 1. The van der Waals surface area contributed by atoms with Gasteiger partial charge in [-0.3, -0.25) is 0 Å². The summed E-state index contributed by atoms with van der Waals surface area (Å²) in [5.41, 5.74) is 0.889. The third kappa shape index (κ3) is 2.53. The Hall–Kier alpha value is -1.33. The zero-order valence-electron chi connectivity index (χ0n) is 11.9. The van der Waals surface area contributed by atoms with Crippen LogP contribution in [0.4, 0.5) is 0 Å². The van der Waals surface area contributed by atoms with Crippen LogP contribution < -0.4 is 0 Å². The zero-order valence-corrected chi connectivity index (χ0v) is 11.9. The third-order valence-corrected chi connectivity index (χ3v) is 4.61. The van der Waals surface area contributed by atoms with Crippen LogP contribution >= 0.6 is 0 Å². The summed E-state index contributed by atoms with van der Waals surface area (Å²) in [5, 5.41) is 20.5. The van der Waals surface area contributed by atoms with E-state index in [4.69, 9.17) is 0 Å².